The summed E-state index contributed by atoms with van der Waals surface area (Å²) in [5.74, 6) is 1.76. The van der Waals surface area contributed by atoms with E-state index >= 15 is 0 Å². The summed E-state index contributed by atoms with van der Waals surface area (Å²) >= 11 is 6.16. The molecule has 1 aliphatic heterocycles. The Morgan fingerprint density at radius 3 is 2.53 bits per heavy atom. The largest absolute Gasteiger partial charge is 0.354 e. The molecular formula is C21H26ClN5O3. The highest BCUT2D eigenvalue weighted by atomic mass is 35.5. The molecule has 0 aliphatic carbocycles. The Morgan fingerprint density at radius 1 is 1.17 bits per heavy atom. The zero-order valence-electron chi connectivity index (χ0n) is 17.7. The van der Waals surface area contributed by atoms with Crippen molar-refractivity contribution in [2.24, 2.45) is 0 Å². The third-order valence-electron chi connectivity index (χ3n) is 5.28. The number of hydrogen-bond donors (Lipinski definition) is 0. The van der Waals surface area contributed by atoms with Crippen LogP contribution in [0.15, 0.2) is 18.2 Å². The number of carbonyl (C=O) groups excluding carboxylic acids is 1. The summed E-state index contributed by atoms with van der Waals surface area (Å²) in [6.07, 6.45) is 0.788. The first-order valence-electron chi connectivity index (χ1n) is 10.0. The van der Waals surface area contributed by atoms with Gasteiger partial charge < -0.3 is 9.80 Å². The Kier molecular flexibility index (Phi) is 6.55. The maximum absolute atomic E-state index is 13.0. The number of anilines is 1. The Bertz CT molecular complexity index is 979. The van der Waals surface area contributed by atoms with E-state index in [1.807, 2.05) is 13.8 Å². The van der Waals surface area contributed by atoms with Crippen LogP contribution >= 0.6 is 11.6 Å². The van der Waals surface area contributed by atoms with Crippen molar-refractivity contribution in [2.75, 3.05) is 31.1 Å². The topological polar surface area (TPSA) is 92.5 Å². The van der Waals surface area contributed by atoms with Crippen molar-refractivity contribution in [1.82, 2.24) is 14.9 Å². The molecule has 0 atom stereocenters. The van der Waals surface area contributed by atoms with Crippen molar-refractivity contribution < 1.29 is 9.72 Å². The summed E-state index contributed by atoms with van der Waals surface area (Å²) < 4.78 is 0. The number of hydrogen-bond acceptors (Lipinski definition) is 6. The molecule has 1 aliphatic rings. The first kappa shape index (κ1) is 22.0. The van der Waals surface area contributed by atoms with Gasteiger partial charge in [0.25, 0.3) is 11.6 Å². The van der Waals surface area contributed by atoms with E-state index in [0.29, 0.717) is 25.6 Å². The fourth-order valence-electron chi connectivity index (χ4n) is 3.91. The molecule has 9 heteroatoms. The van der Waals surface area contributed by atoms with Gasteiger partial charge in [0.05, 0.1) is 15.5 Å². The fraction of sp³-hybridized carbons (Fsp3) is 0.476. The lowest BCUT2D eigenvalue weighted by Crippen LogP contribution is -2.36. The van der Waals surface area contributed by atoms with Crippen LogP contribution in [-0.4, -0.2) is 51.9 Å². The van der Waals surface area contributed by atoms with Crippen molar-refractivity contribution >= 4 is 29.0 Å². The van der Waals surface area contributed by atoms with E-state index in [9.17, 15) is 14.9 Å². The third kappa shape index (κ3) is 4.53. The molecule has 160 valence electrons. The maximum Gasteiger partial charge on any atom is 0.270 e. The molecule has 0 saturated carbocycles. The summed E-state index contributed by atoms with van der Waals surface area (Å²) in [6.45, 7) is 10.7. The molecule has 0 radical (unpaired) electrons. The van der Waals surface area contributed by atoms with Crippen molar-refractivity contribution in [3.05, 3.63) is 56.0 Å². The minimum absolute atomic E-state index is 0.0967. The molecule has 1 saturated heterocycles. The predicted molar refractivity (Wildman–Crippen MR) is 116 cm³/mol. The lowest BCUT2D eigenvalue weighted by Gasteiger charge is -2.27. The number of nitro groups is 1. The first-order valence-corrected chi connectivity index (χ1v) is 10.4. The zero-order valence-corrected chi connectivity index (χ0v) is 18.4. The fourth-order valence-corrected chi connectivity index (χ4v) is 4.17. The van der Waals surface area contributed by atoms with Gasteiger partial charge in [0, 0.05) is 49.6 Å². The van der Waals surface area contributed by atoms with Crippen LogP contribution in [0.2, 0.25) is 5.02 Å². The molecule has 1 aromatic heterocycles. The highest BCUT2D eigenvalue weighted by molar-refractivity contribution is 6.34. The van der Waals surface area contributed by atoms with Gasteiger partial charge in [-0.25, -0.2) is 9.97 Å². The SMILES string of the molecule is Cc1nc(C)c(C(C)C)c(N2CCCN(C(=O)c3ccc([N+](=O)[O-])cc3Cl)CC2)n1. The van der Waals surface area contributed by atoms with Gasteiger partial charge in [-0.3, -0.25) is 14.9 Å². The number of halogens is 1. The van der Waals surface area contributed by atoms with E-state index < -0.39 is 4.92 Å². The molecule has 2 heterocycles. The average Bonchev–Trinajstić information content (AvgIpc) is 2.92. The second kappa shape index (κ2) is 8.95. The number of aromatic nitrogens is 2. The highest BCUT2D eigenvalue weighted by Crippen LogP contribution is 2.29. The van der Waals surface area contributed by atoms with Crippen LogP contribution in [0, 0.1) is 24.0 Å². The van der Waals surface area contributed by atoms with Crippen molar-refractivity contribution in [2.45, 2.75) is 40.0 Å². The molecule has 0 spiro atoms. The minimum atomic E-state index is -0.526. The van der Waals surface area contributed by atoms with Gasteiger partial charge in [-0.15, -0.1) is 0 Å². The second-order valence-corrected chi connectivity index (χ2v) is 8.21. The molecule has 0 N–H and O–H groups in total. The van der Waals surface area contributed by atoms with Crippen LogP contribution in [0.5, 0.6) is 0 Å². The Labute approximate surface area is 181 Å². The lowest BCUT2D eigenvalue weighted by molar-refractivity contribution is -0.384. The number of nitrogens with zero attached hydrogens (tertiary/aromatic N) is 5. The van der Waals surface area contributed by atoms with E-state index in [1.165, 1.54) is 18.2 Å². The van der Waals surface area contributed by atoms with Gasteiger partial charge in [0.1, 0.15) is 11.6 Å². The van der Waals surface area contributed by atoms with Gasteiger partial charge >= 0.3 is 0 Å². The van der Waals surface area contributed by atoms with Gasteiger partial charge in [0.15, 0.2) is 0 Å². The van der Waals surface area contributed by atoms with Gasteiger partial charge in [-0.1, -0.05) is 25.4 Å². The minimum Gasteiger partial charge on any atom is -0.354 e. The molecule has 8 nitrogen and oxygen atoms in total. The van der Waals surface area contributed by atoms with E-state index in [1.54, 1.807) is 4.90 Å². The van der Waals surface area contributed by atoms with Gasteiger partial charge in [-0.05, 0) is 32.3 Å². The lowest BCUT2D eigenvalue weighted by atomic mass is 10.0. The molecule has 0 bridgehead atoms. The molecule has 1 fully saturated rings. The Morgan fingerprint density at radius 2 is 1.90 bits per heavy atom. The molecule has 30 heavy (non-hydrogen) atoms. The molecular weight excluding hydrogens is 406 g/mol. The average molecular weight is 432 g/mol. The van der Waals surface area contributed by atoms with E-state index in [0.717, 1.165) is 35.9 Å². The summed E-state index contributed by atoms with van der Waals surface area (Å²) in [6, 6.07) is 3.96. The van der Waals surface area contributed by atoms with Crippen LogP contribution < -0.4 is 4.90 Å². The predicted octanol–water partition coefficient (Wildman–Crippen LogP) is 4.13. The van der Waals surface area contributed by atoms with Crippen LogP contribution in [0.1, 0.15) is 53.6 Å². The second-order valence-electron chi connectivity index (χ2n) is 7.80. The van der Waals surface area contributed by atoms with Crippen LogP contribution in [-0.2, 0) is 0 Å². The highest BCUT2D eigenvalue weighted by Gasteiger charge is 2.26. The Balaban J connectivity index is 1.81. The van der Waals surface area contributed by atoms with Crippen molar-refractivity contribution in [3.63, 3.8) is 0 Å². The van der Waals surface area contributed by atoms with E-state index in [-0.39, 0.29) is 22.2 Å². The van der Waals surface area contributed by atoms with Crippen LogP contribution in [0.4, 0.5) is 11.5 Å². The summed E-state index contributed by atoms with van der Waals surface area (Å²) in [7, 11) is 0. The number of aryl methyl sites for hydroxylation is 2. The quantitative estimate of drug-likeness (QED) is 0.533. The van der Waals surface area contributed by atoms with E-state index in [2.05, 4.69) is 23.7 Å². The number of carbonyl (C=O) groups is 1. The van der Waals surface area contributed by atoms with Gasteiger partial charge in [0.2, 0.25) is 0 Å². The monoisotopic (exact) mass is 431 g/mol. The number of non-ortho nitro benzene ring substituents is 1. The van der Waals surface area contributed by atoms with Crippen LogP contribution in [0.3, 0.4) is 0 Å². The number of amides is 1. The standard InChI is InChI=1S/C21H26ClN5O3/c1-13(2)19-14(3)23-15(4)24-20(19)25-8-5-9-26(11-10-25)21(28)17-7-6-16(27(29)30)12-18(17)22/h6-7,12-13H,5,8-11H2,1-4H3. The maximum atomic E-state index is 13.0. The number of benzene rings is 1. The number of rotatable bonds is 4. The zero-order chi connectivity index (χ0) is 22.0. The van der Waals surface area contributed by atoms with Crippen molar-refractivity contribution in [1.29, 1.82) is 0 Å². The number of nitro benzene ring substituents is 1. The summed E-state index contributed by atoms with van der Waals surface area (Å²) in [5.41, 5.74) is 2.28. The van der Waals surface area contributed by atoms with Crippen LogP contribution in [0.25, 0.3) is 0 Å². The molecule has 1 amide bonds. The molecule has 0 unspecified atom stereocenters. The first-order chi connectivity index (χ1) is 14.2. The molecule has 3 rings (SSSR count). The molecule has 2 aromatic rings. The third-order valence-corrected chi connectivity index (χ3v) is 5.59. The summed E-state index contributed by atoms with van der Waals surface area (Å²) in [5, 5.41) is 11.0. The summed E-state index contributed by atoms with van der Waals surface area (Å²) in [4.78, 5) is 36.6. The normalized spacial score (nSPS) is 14.7. The van der Waals surface area contributed by atoms with Crippen molar-refractivity contribution in [3.8, 4) is 0 Å². The Hall–Kier alpha value is -2.74. The van der Waals surface area contributed by atoms with Gasteiger partial charge in [-0.2, -0.15) is 0 Å². The molecule has 1 aromatic carbocycles. The van der Waals surface area contributed by atoms with E-state index in [4.69, 9.17) is 16.6 Å². The smallest absolute Gasteiger partial charge is 0.270 e.